The molecular weight excluding hydrogens is 272 g/mol. The molecule has 0 aromatic heterocycles. The van der Waals surface area contributed by atoms with Gasteiger partial charge in [-0.3, -0.25) is 9.59 Å². The van der Waals surface area contributed by atoms with Crippen LogP contribution in [0.2, 0.25) is 0 Å². The molecule has 19 heavy (non-hydrogen) atoms. The predicted molar refractivity (Wildman–Crippen MR) is 73.5 cm³/mol. The van der Waals surface area contributed by atoms with Gasteiger partial charge in [-0.25, -0.2) is 0 Å². The van der Waals surface area contributed by atoms with Crippen molar-refractivity contribution in [3.63, 3.8) is 0 Å². The van der Waals surface area contributed by atoms with Crippen molar-refractivity contribution >= 4 is 30.0 Å². The third kappa shape index (κ3) is 6.64. The standard InChI is InChI=1S/C12H16N2O4.ClH/c1-17-12(16)6-7-18-10-4-2-9(3-5-10)14-11(15)8-13;/h2-5H,6-8,13H2,1H3,(H,14,15);1H. The minimum atomic E-state index is -0.318. The van der Waals surface area contributed by atoms with Gasteiger partial charge in [-0.1, -0.05) is 0 Å². The maximum absolute atomic E-state index is 11.0. The Morgan fingerprint density at radius 1 is 1.26 bits per heavy atom. The zero-order valence-electron chi connectivity index (χ0n) is 10.5. The third-order valence-electron chi connectivity index (χ3n) is 2.13. The van der Waals surface area contributed by atoms with E-state index in [0.717, 1.165) is 0 Å². The van der Waals surface area contributed by atoms with Gasteiger partial charge in [0.05, 0.1) is 26.7 Å². The Hall–Kier alpha value is -1.79. The number of amides is 1. The highest BCUT2D eigenvalue weighted by Gasteiger charge is 2.02. The number of benzene rings is 1. The van der Waals surface area contributed by atoms with E-state index in [9.17, 15) is 9.59 Å². The monoisotopic (exact) mass is 288 g/mol. The van der Waals surface area contributed by atoms with Gasteiger partial charge < -0.3 is 20.5 Å². The fraction of sp³-hybridized carbons (Fsp3) is 0.333. The number of nitrogens with two attached hydrogens (primary N) is 1. The summed E-state index contributed by atoms with van der Waals surface area (Å²) in [6.07, 6.45) is 0.197. The molecule has 1 aromatic carbocycles. The molecule has 6 nitrogen and oxygen atoms in total. The number of anilines is 1. The molecule has 7 heteroatoms. The van der Waals surface area contributed by atoms with Crippen LogP contribution >= 0.6 is 12.4 Å². The molecular formula is C12H17ClN2O4. The first kappa shape index (κ1) is 17.2. The van der Waals surface area contributed by atoms with E-state index in [1.165, 1.54) is 7.11 Å². The quantitative estimate of drug-likeness (QED) is 0.761. The van der Waals surface area contributed by atoms with Gasteiger partial charge in [-0.05, 0) is 24.3 Å². The average molecular weight is 289 g/mol. The Labute approximate surface area is 117 Å². The summed E-state index contributed by atoms with van der Waals surface area (Å²) in [7, 11) is 1.33. The number of nitrogens with one attached hydrogen (secondary N) is 1. The number of hydrogen-bond donors (Lipinski definition) is 2. The van der Waals surface area contributed by atoms with E-state index in [4.69, 9.17) is 10.5 Å². The van der Waals surface area contributed by atoms with Crippen LogP contribution in [0.25, 0.3) is 0 Å². The third-order valence-corrected chi connectivity index (χ3v) is 2.13. The Morgan fingerprint density at radius 2 is 1.89 bits per heavy atom. The largest absolute Gasteiger partial charge is 0.493 e. The Morgan fingerprint density at radius 3 is 2.42 bits per heavy atom. The van der Waals surface area contributed by atoms with Crippen molar-refractivity contribution in [3.05, 3.63) is 24.3 Å². The van der Waals surface area contributed by atoms with Gasteiger partial charge in [-0.2, -0.15) is 0 Å². The van der Waals surface area contributed by atoms with Gasteiger partial charge in [0.2, 0.25) is 5.91 Å². The molecule has 1 rings (SSSR count). The lowest BCUT2D eigenvalue weighted by molar-refractivity contribution is -0.141. The van der Waals surface area contributed by atoms with Crippen molar-refractivity contribution in [2.45, 2.75) is 6.42 Å². The Balaban J connectivity index is 0.00000324. The van der Waals surface area contributed by atoms with Crippen molar-refractivity contribution in [3.8, 4) is 5.75 Å². The Kier molecular flexibility index (Phi) is 8.32. The molecule has 0 aliphatic heterocycles. The fourth-order valence-electron chi connectivity index (χ4n) is 1.20. The van der Waals surface area contributed by atoms with Crippen LogP contribution < -0.4 is 15.8 Å². The van der Waals surface area contributed by atoms with E-state index >= 15 is 0 Å². The minimum absolute atomic E-state index is 0. The zero-order chi connectivity index (χ0) is 13.4. The second-order valence-corrected chi connectivity index (χ2v) is 3.45. The summed E-state index contributed by atoms with van der Waals surface area (Å²) in [5, 5.41) is 2.61. The first-order valence-corrected chi connectivity index (χ1v) is 5.45. The lowest BCUT2D eigenvalue weighted by Crippen LogP contribution is -2.21. The molecule has 3 N–H and O–H groups in total. The molecule has 0 unspecified atom stereocenters. The maximum atomic E-state index is 11.0. The van der Waals surface area contributed by atoms with Crippen LogP contribution in [-0.2, 0) is 14.3 Å². The molecule has 0 saturated heterocycles. The smallest absolute Gasteiger partial charge is 0.308 e. The summed E-state index contributed by atoms with van der Waals surface area (Å²) >= 11 is 0. The molecule has 1 aromatic rings. The van der Waals surface area contributed by atoms with Crippen molar-refractivity contribution in [1.29, 1.82) is 0 Å². The molecule has 0 aliphatic carbocycles. The van der Waals surface area contributed by atoms with Crippen LogP contribution in [0.1, 0.15) is 6.42 Å². The molecule has 0 bridgehead atoms. The molecule has 0 atom stereocenters. The maximum Gasteiger partial charge on any atom is 0.308 e. The van der Waals surface area contributed by atoms with E-state index < -0.39 is 0 Å². The number of ether oxygens (including phenoxy) is 2. The van der Waals surface area contributed by atoms with E-state index in [2.05, 4.69) is 10.1 Å². The van der Waals surface area contributed by atoms with E-state index in [-0.39, 0.29) is 43.9 Å². The van der Waals surface area contributed by atoms with Crippen LogP contribution in [0.15, 0.2) is 24.3 Å². The molecule has 0 heterocycles. The predicted octanol–water partition coefficient (Wildman–Crippen LogP) is 0.947. The summed E-state index contributed by atoms with van der Waals surface area (Å²) in [5.41, 5.74) is 5.82. The number of carbonyl (C=O) groups excluding carboxylic acids is 2. The summed E-state index contributed by atoms with van der Waals surface area (Å²) in [6.45, 7) is 0.193. The first-order valence-electron chi connectivity index (χ1n) is 5.45. The molecule has 0 saturated carbocycles. The summed E-state index contributed by atoms with van der Waals surface area (Å²) in [5.74, 6) is 0.0424. The molecule has 0 aliphatic rings. The van der Waals surface area contributed by atoms with Crippen LogP contribution in [-0.4, -0.2) is 32.1 Å². The lowest BCUT2D eigenvalue weighted by Gasteiger charge is -2.07. The van der Waals surface area contributed by atoms with Gasteiger partial charge >= 0.3 is 5.97 Å². The van der Waals surface area contributed by atoms with Crippen LogP contribution in [0.4, 0.5) is 5.69 Å². The highest BCUT2D eigenvalue weighted by Crippen LogP contribution is 2.15. The van der Waals surface area contributed by atoms with Gasteiger partial charge in [0.25, 0.3) is 0 Å². The van der Waals surface area contributed by atoms with Crippen molar-refractivity contribution in [2.24, 2.45) is 5.73 Å². The van der Waals surface area contributed by atoms with Gasteiger partial charge in [0.1, 0.15) is 5.75 Å². The molecule has 0 spiro atoms. The number of rotatable bonds is 6. The first-order chi connectivity index (χ1) is 8.65. The lowest BCUT2D eigenvalue weighted by atomic mass is 10.3. The van der Waals surface area contributed by atoms with E-state index in [1.807, 2.05) is 0 Å². The number of halogens is 1. The van der Waals surface area contributed by atoms with Crippen molar-refractivity contribution in [1.82, 2.24) is 0 Å². The number of hydrogen-bond acceptors (Lipinski definition) is 5. The molecule has 106 valence electrons. The zero-order valence-corrected chi connectivity index (χ0v) is 11.4. The topological polar surface area (TPSA) is 90.6 Å². The second kappa shape index (κ2) is 9.18. The van der Waals surface area contributed by atoms with Crippen LogP contribution in [0.5, 0.6) is 5.75 Å². The van der Waals surface area contributed by atoms with Crippen molar-refractivity contribution < 1.29 is 19.1 Å². The summed E-state index contributed by atoms with van der Waals surface area (Å²) in [6, 6.07) is 6.79. The summed E-state index contributed by atoms with van der Waals surface area (Å²) in [4.78, 5) is 21.9. The van der Waals surface area contributed by atoms with Crippen molar-refractivity contribution in [2.75, 3.05) is 25.6 Å². The summed E-state index contributed by atoms with van der Waals surface area (Å²) < 4.78 is 9.81. The van der Waals surface area contributed by atoms with E-state index in [1.54, 1.807) is 24.3 Å². The fourth-order valence-corrected chi connectivity index (χ4v) is 1.20. The van der Waals surface area contributed by atoms with E-state index in [0.29, 0.717) is 11.4 Å². The van der Waals surface area contributed by atoms with Gasteiger partial charge in [-0.15, -0.1) is 12.4 Å². The average Bonchev–Trinajstić information content (AvgIpc) is 2.40. The second-order valence-electron chi connectivity index (χ2n) is 3.45. The number of methoxy groups -OCH3 is 1. The molecule has 0 radical (unpaired) electrons. The number of esters is 1. The Bertz CT molecular complexity index is 409. The SMILES string of the molecule is COC(=O)CCOc1ccc(NC(=O)CN)cc1.Cl. The molecule has 0 fully saturated rings. The van der Waals surface area contributed by atoms with Crippen LogP contribution in [0, 0.1) is 0 Å². The van der Waals surface area contributed by atoms with Gasteiger partial charge in [0, 0.05) is 5.69 Å². The van der Waals surface area contributed by atoms with Gasteiger partial charge in [0.15, 0.2) is 0 Å². The normalized spacial score (nSPS) is 9.16. The highest BCUT2D eigenvalue weighted by molar-refractivity contribution is 5.92. The number of carbonyl (C=O) groups is 2. The highest BCUT2D eigenvalue weighted by atomic mass is 35.5. The van der Waals surface area contributed by atoms with Crippen LogP contribution in [0.3, 0.4) is 0 Å². The minimum Gasteiger partial charge on any atom is -0.493 e. The molecule has 1 amide bonds.